The Labute approximate surface area is 179 Å². The Morgan fingerprint density at radius 2 is 1.90 bits per heavy atom. The minimum Gasteiger partial charge on any atom is -0.497 e. The van der Waals surface area contributed by atoms with Crippen LogP contribution in [0.25, 0.3) is 0 Å². The van der Waals surface area contributed by atoms with Crippen LogP contribution in [0.1, 0.15) is 41.6 Å². The van der Waals surface area contributed by atoms with Gasteiger partial charge in [-0.25, -0.2) is 0 Å². The summed E-state index contributed by atoms with van der Waals surface area (Å²) in [6.07, 6.45) is 3.67. The predicted octanol–water partition coefficient (Wildman–Crippen LogP) is 3.64. The number of fused-ring (bicyclic) bond motifs is 1. The van der Waals surface area contributed by atoms with Gasteiger partial charge in [0.2, 0.25) is 0 Å². The molecule has 30 heavy (non-hydrogen) atoms. The van der Waals surface area contributed by atoms with Crippen molar-refractivity contribution in [3.05, 3.63) is 65.7 Å². The topological polar surface area (TPSA) is 50.8 Å². The fourth-order valence-corrected chi connectivity index (χ4v) is 5.60. The van der Waals surface area contributed by atoms with Crippen LogP contribution < -0.4 is 10.1 Å². The second-order valence-electron chi connectivity index (χ2n) is 8.78. The number of methoxy groups -OCH3 is 2. The van der Waals surface area contributed by atoms with E-state index in [2.05, 4.69) is 35.5 Å². The molecule has 3 atom stereocenters. The first-order valence-corrected chi connectivity index (χ1v) is 10.8. The lowest BCUT2D eigenvalue weighted by Gasteiger charge is -2.59. The molecule has 1 aliphatic heterocycles. The van der Waals surface area contributed by atoms with E-state index in [4.69, 9.17) is 9.47 Å². The van der Waals surface area contributed by atoms with E-state index in [1.807, 2.05) is 43.5 Å². The number of nitrogens with one attached hydrogen (secondary N) is 1. The largest absolute Gasteiger partial charge is 0.497 e. The van der Waals surface area contributed by atoms with Crippen LogP contribution in [0, 0.1) is 0 Å². The average Bonchev–Trinajstić information content (AvgIpc) is 2.79. The zero-order chi connectivity index (χ0) is 21.2. The molecule has 2 unspecified atom stereocenters. The van der Waals surface area contributed by atoms with Gasteiger partial charge in [-0.2, -0.15) is 0 Å². The molecule has 0 spiro atoms. The number of benzene rings is 2. The summed E-state index contributed by atoms with van der Waals surface area (Å²) in [5.41, 5.74) is 1.51. The number of amides is 1. The average molecular weight is 409 g/mol. The Morgan fingerprint density at radius 3 is 2.63 bits per heavy atom. The van der Waals surface area contributed by atoms with Gasteiger partial charge in [-0.05, 0) is 69.1 Å². The van der Waals surface area contributed by atoms with E-state index < -0.39 is 0 Å². The molecule has 1 saturated heterocycles. The van der Waals surface area contributed by atoms with E-state index in [0.717, 1.165) is 44.5 Å². The molecular formula is C25H32N2O3. The van der Waals surface area contributed by atoms with Gasteiger partial charge in [0.1, 0.15) is 5.75 Å². The van der Waals surface area contributed by atoms with Gasteiger partial charge >= 0.3 is 0 Å². The maximum atomic E-state index is 12.8. The van der Waals surface area contributed by atoms with E-state index in [1.165, 1.54) is 5.56 Å². The molecule has 2 fully saturated rings. The second-order valence-corrected chi connectivity index (χ2v) is 8.78. The number of piperidine rings is 1. The number of carbonyl (C=O) groups is 1. The molecule has 1 saturated carbocycles. The molecule has 1 heterocycles. The van der Waals surface area contributed by atoms with Gasteiger partial charge in [0.05, 0.1) is 12.7 Å². The van der Waals surface area contributed by atoms with E-state index in [0.29, 0.717) is 5.56 Å². The van der Waals surface area contributed by atoms with Crippen molar-refractivity contribution in [3.63, 3.8) is 0 Å². The number of carbonyl (C=O) groups excluding carboxylic acids is 1. The Bertz CT molecular complexity index is 887. The highest BCUT2D eigenvalue weighted by Gasteiger charge is 2.58. The molecule has 1 amide bonds. The summed E-state index contributed by atoms with van der Waals surface area (Å²) in [6.45, 7) is 1.89. The fraction of sp³-hybridized carbons (Fsp3) is 0.480. The molecular weight excluding hydrogens is 376 g/mol. The van der Waals surface area contributed by atoms with Gasteiger partial charge in [-0.3, -0.25) is 4.79 Å². The highest BCUT2D eigenvalue weighted by atomic mass is 16.5. The first-order chi connectivity index (χ1) is 14.5. The second kappa shape index (κ2) is 8.40. The summed E-state index contributed by atoms with van der Waals surface area (Å²) < 4.78 is 11.9. The van der Waals surface area contributed by atoms with Crippen LogP contribution in [0.2, 0.25) is 0 Å². The minimum absolute atomic E-state index is 0.000707. The molecule has 1 N–H and O–H groups in total. The van der Waals surface area contributed by atoms with Crippen molar-refractivity contribution < 1.29 is 14.3 Å². The number of ether oxygens (including phenoxy) is 2. The van der Waals surface area contributed by atoms with Crippen molar-refractivity contribution in [3.8, 4) is 5.75 Å². The van der Waals surface area contributed by atoms with Gasteiger partial charge in [-0.15, -0.1) is 0 Å². The molecule has 160 valence electrons. The van der Waals surface area contributed by atoms with E-state index in [-0.39, 0.29) is 23.0 Å². The SMILES string of the molecule is COc1cccc(C23CCN(C)CC2(OC)CC[C@H](NC(=O)c2ccccc2)C3)c1. The quantitative estimate of drug-likeness (QED) is 0.821. The third kappa shape index (κ3) is 3.61. The predicted molar refractivity (Wildman–Crippen MR) is 118 cm³/mol. The van der Waals surface area contributed by atoms with Crippen LogP contribution in [0.4, 0.5) is 0 Å². The Morgan fingerprint density at radius 1 is 1.10 bits per heavy atom. The zero-order valence-electron chi connectivity index (χ0n) is 18.2. The smallest absolute Gasteiger partial charge is 0.251 e. The molecule has 0 radical (unpaired) electrons. The number of nitrogens with zero attached hydrogens (tertiary/aromatic N) is 1. The summed E-state index contributed by atoms with van der Waals surface area (Å²) in [6, 6.07) is 18.0. The molecule has 1 aliphatic carbocycles. The van der Waals surface area contributed by atoms with Crippen LogP contribution in [0.15, 0.2) is 54.6 Å². The van der Waals surface area contributed by atoms with Crippen molar-refractivity contribution >= 4 is 5.91 Å². The Balaban J connectivity index is 1.68. The van der Waals surface area contributed by atoms with Crippen LogP contribution >= 0.6 is 0 Å². The van der Waals surface area contributed by atoms with E-state index in [9.17, 15) is 4.79 Å². The normalized spacial score (nSPS) is 29.1. The van der Waals surface area contributed by atoms with Crippen molar-refractivity contribution in [2.75, 3.05) is 34.4 Å². The standard InChI is InChI=1S/C25H32N2O3/c1-27-15-14-24(20-10-7-11-22(16-20)29-2)17-21(12-13-25(24,18-27)30-3)26-23(28)19-8-5-4-6-9-19/h4-11,16,21H,12-15,17-18H2,1-3H3,(H,26,28)/t21-,24?,25?/m0/s1. The van der Waals surface area contributed by atoms with Gasteiger partial charge < -0.3 is 19.7 Å². The van der Waals surface area contributed by atoms with E-state index >= 15 is 0 Å². The first kappa shape index (κ1) is 20.9. The number of hydrogen-bond donors (Lipinski definition) is 1. The maximum absolute atomic E-state index is 12.8. The Hall–Kier alpha value is -2.37. The molecule has 2 aromatic carbocycles. The third-order valence-electron chi connectivity index (χ3n) is 7.19. The van der Waals surface area contributed by atoms with Crippen LogP contribution in [-0.4, -0.2) is 56.8 Å². The summed E-state index contributed by atoms with van der Waals surface area (Å²) in [5.74, 6) is 0.862. The van der Waals surface area contributed by atoms with Crippen molar-refractivity contribution in [2.45, 2.75) is 42.7 Å². The van der Waals surface area contributed by atoms with Crippen LogP contribution in [0.5, 0.6) is 5.75 Å². The minimum atomic E-state index is -0.277. The maximum Gasteiger partial charge on any atom is 0.251 e. The van der Waals surface area contributed by atoms with Crippen molar-refractivity contribution in [2.24, 2.45) is 0 Å². The van der Waals surface area contributed by atoms with Crippen LogP contribution in [0.3, 0.4) is 0 Å². The van der Waals surface area contributed by atoms with Gasteiger partial charge in [0.15, 0.2) is 0 Å². The fourth-order valence-electron chi connectivity index (χ4n) is 5.60. The summed E-state index contributed by atoms with van der Waals surface area (Å²) in [4.78, 5) is 15.2. The van der Waals surface area contributed by atoms with Crippen LogP contribution in [-0.2, 0) is 10.2 Å². The summed E-state index contributed by atoms with van der Waals surface area (Å²) in [7, 11) is 5.72. The molecule has 5 nitrogen and oxygen atoms in total. The lowest BCUT2D eigenvalue weighted by molar-refractivity contribution is -0.144. The van der Waals surface area contributed by atoms with Crippen molar-refractivity contribution in [1.82, 2.24) is 10.2 Å². The lowest BCUT2D eigenvalue weighted by Crippen LogP contribution is -2.67. The molecule has 2 aromatic rings. The number of likely N-dealkylation sites (N-methyl/N-ethyl adjacent to an activating group) is 1. The van der Waals surface area contributed by atoms with Gasteiger partial charge in [-0.1, -0.05) is 30.3 Å². The van der Waals surface area contributed by atoms with Gasteiger partial charge in [0.25, 0.3) is 5.91 Å². The summed E-state index contributed by atoms with van der Waals surface area (Å²) >= 11 is 0. The lowest BCUT2D eigenvalue weighted by atomic mass is 9.55. The van der Waals surface area contributed by atoms with Crippen molar-refractivity contribution in [1.29, 1.82) is 0 Å². The highest BCUT2D eigenvalue weighted by Crippen LogP contribution is 2.53. The molecule has 5 heteroatoms. The number of likely N-dealkylation sites (tertiary alicyclic amines) is 1. The number of hydrogen-bond acceptors (Lipinski definition) is 4. The first-order valence-electron chi connectivity index (χ1n) is 10.8. The summed E-state index contributed by atoms with van der Waals surface area (Å²) in [5, 5.41) is 3.30. The Kier molecular flexibility index (Phi) is 5.85. The monoisotopic (exact) mass is 408 g/mol. The molecule has 0 bridgehead atoms. The third-order valence-corrected chi connectivity index (χ3v) is 7.19. The zero-order valence-corrected chi connectivity index (χ0v) is 18.2. The highest BCUT2D eigenvalue weighted by molar-refractivity contribution is 5.94. The molecule has 2 aliphatic rings. The molecule has 4 rings (SSSR count). The molecule has 0 aromatic heterocycles. The number of rotatable bonds is 5. The van der Waals surface area contributed by atoms with E-state index in [1.54, 1.807) is 7.11 Å². The van der Waals surface area contributed by atoms with Gasteiger partial charge in [0, 0.05) is 30.7 Å².